The first-order valence-corrected chi connectivity index (χ1v) is 4.76. The molecule has 0 spiro atoms. The molecule has 0 aromatic heterocycles. The SMILES string of the molecule is C[C@@H](N)c1ccc(Br)c(F)c1C(F)F. The van der Waals surface area contributed by atoms with Crippen LogP contribution < -0.4 is 5.73 Å². The molecule has 0 saturated heterocycles. The van der Waals surface area contributed by atoms with Crippen LogP contribution >= 0.6 is 15.9 Å². The quantitative estimate of drug-likeness (QED) is 0.872. The van der Waals surface area contributed by atoms with Crippen molar-refractivity contribution in [2.24, 2.45) is 5.73 Å². The highest BCUT2D eigenvalue weighted by Crippen LogP contribution is 2.32. The molecule has 0 amide bonds. The first-order chi connectivity index (χ1) is 6.45. The molecule has 1 rings (SSSR count). The highest BCUT2D eigenvalue weighted by atomic mass is 79.9. The van der Waals surface area contributed by atoms with Crippen molar-refractivity contribution in [1.29, 1.82) is 0 Å². The summed E-state index contributed by atoms with van der Waals surface area (Å²) < 4.78 is 38.3. The number of nitrogens with two attached hydrogens (primary N) is 1. The van der Waals surface area contributed by atoms with Crippen LogP contribution in [0.2, 0.25) is 0 Å². The van der Waals surface area contributed by atoms with Gasteiger partial charge in [0.05, 0.1) is 10.0 Å². The second-order valence-corrected chi connectivity index (χ2v) is 3.81. The molecule has 0 saturated carbocycles. The summed E-state index contributed by atoms with van der Waals surface area (Å²) in [5, 5.41) is 0. The lowest BCUT2D eigenvalue weighted by molar-refractivity contribution is 0.144. The van der Waals surface area contributed by atoms with Crippen molar-refractivity contribution in [1.82, 2.24) is 0 Å². The molecule has 2 N–H and O–H groups in total. The zero-order chi connectivity index (χ0) is 10.9. The molecular weight excluding hydrogens is 259 g/mol. The van der Waals surface area contributed by atoms with Crippen LogP contribution in [0.3, 0.4) is 0 Å². The Balaban J connectivity index is 3.38. The minimum atomic E-state index is -2.85. The summed E-state index contributed by atoms with van der Waals surface area (Å²) in [7, 11) is 0. The first kappa shape index (κ1) is 11.5. The van der Waals surface area contributed by atoms with E-state index in [1.54, 1.807) is 0 Å². The third-order valence-electron chi connectivity index (χ3n) is 1.88. The number of rotatable bonds is 2. The lowest BCUT2D eigenvalue weighted by Crippen LogP contribution is -2.10. The van der Waals surface area contributed by atoms with E-state index in [2.05, 4.69) is 15.9 Å². The third kappa shape index (κ3) is 2.09. The summed E-state index contributed by atoms with van der Waals surface area (Å²) in [6.07, 6.45) is -2.85. The zero-order valence-electron chi connectivity index (χ0n) is 7.40. The largest absolute Gasteiger partial charge is 0.324 e. The lowest BCUT2D eigenvalue weighted by atomic mass is 10.0. The summed E-state index contributed by atoms with van der Waals surface area (Å²) in [4.78, 5) is 0. The van der Waals surface area contributed by atoms with Gasteiger partial charge in [-0.3, -0.25) is 0 Å². The number of benzene rings is 1. The number of hydrogen-bond acceptors (Lipinski definition) is 1. The maximum absolute atomic E-state index is 13.3. The van der Waals surface area contributed by atoms with Crippen molar-refractivity contribution in [2.75, 3.05) is 0 Å². The Morgan fingerprint density at radius 3 is 2.36 bits per heavy atom. The average molecular weight is 268 g/mol. The van der Waals surface area contributed by atoms with E-state index in [4.69, 9.17) is 5.73 Å². The Bertz CT molecular complexity index is 339. The molecule has 1 atom stereocenters. The van der Waals surface area contributed by atoms with Gasteiger partial charge in [0.2, 0.25) is 0 Å². The van der Waals surface area contributed by atoms with Gasteiger partial charge in [0.1, 0.15) is 5.82 Å². The standard InChI is InChI=1S/C9H9BrF3N/c1-4(14)5-2-3-6(10)8(11)7(5)9(12)13/h2-4,9H,14H2,1H3/t4-/m1/s1. The lowest BCUT2D eigenvalue weighted by Gasteiger charge is -2.13. The molecular formula is C9H9BrF3N. The van der Waals surface area contributed by atoms with Gasteiger partial charge in [0.15, 0.2) is 0 Å². The molecule has 0 aliphatic heterocycles. The first-order valence-electron chi connectivity index (χ1n) is 3.96. The smallest absolute Gasteiger partial charge is 0.267 e. The van der Waals surface area contributed by atoms with E-state index in [0.717, 1.165) is 0 Å². The van der Waals surface area contributed by atoms with Crippen LogP contribution in [0.1, 0.15) is 30.5 Å². The van der Waals surface area contributed by atoms with Gasteiger partial charge >= 0.3 is 0 Å². The molecule has 0 aliphatic carbocycles. The molecule has 1 nitrogen and oxygen atoms in total. The van der Waals surface area contributed by atoms with Crippen LogP contribution in [0.4, 0.5) is 13.2 Å². The number of alkyl halides is 2. The summed E-state index contributed by atoms with van der Waals surface area (Å²) in [6.45, 7) is 1.54. The maximum atomic E-state index is 13.3. The molecule has 1 aromatic rings. The highest BCUT2D eigenvalue weighted by molar-refractivity contribution is 9.10. The van der Waals surface area contributed by atoms with Crippen LogP contribution in [0.25, 0.3) is 0 Å². The van der Waals surface area contributed by atoms with Crippen LogP contribution in [0, 0.1) is 5.82 Å². The Hall–Kier alpha value is -0.550. The molecule has 0 bridgehead atoms. The topological polar surface area (TPSA) is 26.0 Å². The Labute approximate surface area is 88.2 Å². The van der Waals surface area contributed by atoms with Gasteiger partial charge in [-0.15, -0.1) is 0 Å². The fourth-order valence-corrected chi connectivity index (χ4v) is 1.55. The second kappa shape index (κ2) is 4.31. The highest BCUT2D eigenvalue weighted by Gasteiger charge is 2.21. The van der Waals surface area contributed by atoms with Gasteiger partial charge in [-0.05, 0) is 34.5 Å². The minimum Gasteiger partial charge on any atom is -0.324 e. The second-order valence-electron chi connectivity index (χ2n) is 2.95. The van der Waals surface area contributed by atoms with E-state index in [0.29, 0.717) is 0 Å². The molecule has 0 radical (unpaired) electrons. The van der Waals surface area contributed by atoms with Crippen LogP contribution in [-0.4, -0.2) is 0 Å². The van der Waals surface area contributed by atoms with E-state index in [-0.39, 0.29) is 10.0 Å². The van der Waals surface area contributed by atoms with Gasteiger partial charge in [0, 0.05) is 6.04 Å². The van der Waals surface area contributed by atoms with Crippen molar-refractivity contribution in [2.45, 2.75) is 19.4 Å². The van der Waals surface area contributed by atoms with Crippen LogP contribution in [0.15, 0.2) is 16.6 Å². The fraction of sp³-hybridized carbons (Fsp3) is 0.333. The average Bonchev–Trinajstić information content (AvgIpc) is 2.08. The molecule has 1 aromatic carbocycles. The van der Waals surface area contributed by atoms with Crippen molar-refractivity contribution in [3.05, 3.63) is 33.5 Å². The molecule has 0 aliphatic rings. The Morgan fingerprint density at radius 2 is 1.93 bits per heavy atom. The van der Waals surface area contributed by atoms with Gasteiger partial charge in [0.25, 0.3) is 6.43 Å². The molecule has 0 heterocycles. The normalized spacial score (nSPS) is 13.4. The van der Waals surface area contributed by atoms with Crippen molar-refractivity contribution < 1.29 is 13.2 Å². The zero-order valence-corrected chi connectivity index (χ0v) is 8.98. The fourth-order valence-electron chi connectivity index (χ4n) is 1.20. The van der Waals surface area contributed by atoms with E-state index in [9.17, 15) is 13.2 Å². The Kier molecular flexibility index (Phi) is 3.55. The monoisotopic (exact) mass is 267 g/mol. The third-order valence-corrected chi connectivity index (χ3v) is 2.49. The Morgan fingerprint density at radius 1 is 1.36 bits per heavy atom. The van der Waals surface area contributed by atoms with Gasteiger partial charge in [-0.2, -0.15) is 0 Å². The molecule has 0 unspecified atom stereocenters. The summed E-state index contributed by atoms with van der Waals surface area (Å²) in [5.41, 5.74) is 4.98. The summed E-state index contributed by atoms with van der Waals surface area (Å²) >= 11 is 2.85. The van der Waals surface area contributed by atoms with Crippen molar-refractivity contribution in [3.63, 3.8) is 0 Å². The van der Waals surface area contributed by atoms with E-state index in [1.165, 1.54) is 19.1 Å². The van der Waals surface area contributed by atoms with Gasteiger partial charge in [-0.25, -0.2) is 13.2 Å². The predicted molar refractivity (Wildman–Crippen MR) is 51.7 cm³/mol. The van der Waals surface area contributed by atoms with Gasteiger partial charge in [-0.1, -0.05) is 6.07 Å². The van der Waals surface area contributed by atoms with Crippen LogP contribution in [-0.2, 0) is 0 Å². The van der Waals surface area contributed by atoms with E-state index in [1.807, 2.05) is 0 Å². The predicted octanol–water partition coefficient (Wildman–Crippen LogP) is 3.55. The van der Waals surface area contributed by atoms with E-state index >= 15 is 0 Å². The molecule has 5 heteroatoms. The summed E-state index contributed by atoms with van der Waals surface area (Å²) in [5.74, 6) is -0.935. The molecule has 78 valence electrons. The minimum absolute atomic E-state index is 0.0252. The molecule has 0 fully saturated rings. The van der Waals surface area contributed by atoms with E-state index < -0.39 is 23.8 Å². The number of hydrogen-bond donors (Lipinski definition) is 1. The summed E-state index contributed by atoms with van der Waals surface area (Å²) in [6, 6.07) is 2.17. The maximum Gasteiger partial charge on any atom is 0.267 e. The van der Waals surface area contributed by atoms with Crippen molar-refractivity contribution >= 4 is 15.9 Å². The van der Waals surface area contributed by atoms with Crippen LogP contribution in [0.5, 0.6) is 0 Å². The molecule has 14 heavy (non-hydrogen) atoms. The van der Waals surface area contributed by atoms with Crippen molar-refractivity contribution in [3.8, 4) is 0 Å². The number of halogens is 4. The van der Waals surface area contributed by atoms with Gasteiger partial charge < -0.3 is 5.73 Å².